The molecule has 19 heavy (non-hydrogen) atoms. The zero-order valence-corrected chi connectivity index (χ0v) is 10.7. The number of aryl methyl sites for hydroxylation is 1. The van der Waals surface area contributed by atoms with Crippen LogP contribution in [0.5, 0.6) is 0 Å². The lowest BCUT2D eigenvalue weighted by Gasteiger charge is -2.13. The lowest BCUT2D eigenvalue weighted by atomic mass is 10.1. The Balaban J connectivity index is 2.35. The molecule has 0 aliphatic rings. The minimum Gasteiger partial charge on any atom is -0.480 e. The van der Waals surface area contributed by atoms with Gasteiger partial charge in [-0.1, -0.05) is 24.3 Å². The second kappa shape index (κ2) is 7.38. The van der Waals surface area contributed by atoms with Gasteiger partial charge < -0.3 is 20.8 Å². The first-order chi connectivity index (χ1) is 9.04. The average molecular weight is 266 g/mol. The van der Waals surface area contributed by atoms with Crippen molar-refractivity contribution in [3.63, 3.8) is 0 Å². The second-order valence-electron chi connectivity index (χ2n) is 4.15. The number of hydrogen-bond donors (Lipinski definition) is 4. The van der Waals surface area contributed by atoms with Crippen molar-refractivity contribution in [3.05, 3.63) is 35.4 Å². The van der Waals surface area contributed by atoms with Crippen molar-refractivity contribution in [2.45, 2.75) is 19.4 Å². The summed E-state index contributed by atoms with van der Waals surface area (Å²) < 4.78 is 0. The van der Waals surface area contributed by atoms with Crippen molar-refractivity contribution < 1.29 is 19.8 Å². The van der Waals surface area contributed by atoms with Gasteiger partial charge in [0.1, 0.15) is 0 Å². The summed E-state index contributed by atoms with van der Waals surface area (Å²) in [5, 5.41) is 22.1. The molecule has 0 radical (unpaired) electrons. The highest BCUT2D eigenvalue weighted by Crippen LogP contribution is 2.06. The van der Waals surface area contributed by atoms with Gasteiger partial charge in [-0.3, -0.25) is 0 Å². The number of rotatable bonds is 6. The Kier molecular flexibility index (Phi) is 5.81. The lowest BCUT2D eigenvalue weighted by molar-refractivity contribution is -0.140. The van der Waals surface area contributed by atoms with Crippen LogP contribution in [0.25, 0.3) is 0 Å². The molecule has 0 spiro atoms. The maximum Gasteiger partial charge on any atom is 0.328 e. The smallest absolute Gasteiger partial charge is 0.328 e. The van der Waals surface area contributed by atoms with Crippen molar-refractivity contribution in [2.75, 3.05) is 13.2 Å². The molecule has 4 N–H and O–H groups in total. The number of carbonyl (C=O) groups is 2. The summed E-state index contributed by atoms with van der Waals surface area (Å²) in [6, 6.07) is 5.95. The van der Waals surface area contributed by atoms with Crippen LogP contribution >= 0.6 is 0 Å². The summed E-state index contributed by atoms with van der Waals surface area (Å²) in [7, 11) is 0. The number of carboxylic acids is 1. The summed E-state index contributed by atoms with van der Waals surface area (Å²) in [5.41, 5.74) is 2.27. The van der Waals surface area contributed by atoms with Gasteiger partial charge in [-0.2, -0.15) is 0 Å². The molecular formula is C13H18N2O4. The first-order valence-corrected chi connectivity index (χ1v) is 5.97. The van der Waals surface area contributed by atoms with E-state index in [2.05, 4.69) is 10.6 Å². The minimum atomic E-state index is -1.28. The number of carbonyl (C=O) groups excluding carboxylic acids is 1. The van der Waals surface area contributed by atoms with Gasteiger partial charge in [0.15, 0.2) is 6.04 Å². The van der Waals surface area contributed by atoms with Crippen LogP contribution in [-0.4, -0.2) is 41.4 Å². The Labute approximate surface area is 111 Å². The van der Waals surface area contributed by atoms with E-state index < -0.39 is 24.6 Å². The number of aliphatic hydroxyl groups excluding tert-OH is 1. The lowest BCUT2D eigenvalue weighted by Crippen LogP contribution is -2.48. The van der Waals surface area contributed by atoms with Gasteiger partial charge in [0.25, 0.3) is 0 Å². The van der Waals surface area contributed by atoms with E-state index in [4.69, 9.17) is 10.2 Å². The van der Waals surface area contributed by atoms with Gasteiger partial charge in [-0.25, -0.2) is 9.59 Å². The summed E-state index contributed by atoms with van der Waals surface area (Å²) >= 11 is 0. The molecular weight excluding hydrogens is 248 g/mol. The van der Waals surface area contributed by atoms with E-state index in [-0.39, 0.29) is 0 Å². The first-order valence-electron chi connectivity index (χ1n) is 5.97. The third-order valence-electron chi connectivity index (χ3n) is 2.73. The fourth-order valence-electron chi connectivity index (χ4n) is 1.60. The zero-order valence-electron chi connectivity index (χ0n) is 10.7. The number of hydrogen-bond acceptors (Lipinski definition) is 3. The van der Waals surface area contributed by atoms with Crippen LogP contribution in [-0.2, 0) is 11.2 Å². The maximum absolute atomic E-state index is 11.4. The molecule has 0 saturated carbocycles. The molecule has 0 bridgehead atoms. The third kappa shape index (κ3) is 4.97. The number of urea groups is 1. The van der Waals surface area contributed by atoms with E-state index in [0.29, 0.717) is 13.0 Å². The predicted octanol–water partition coefficient (Wildman–Crippen LogP) is 0.282. The molecule has 104 valence electrons. The van der Waals surface area contributed by atoms with Gasteiger partial charge in [0, 0.05) is 6.54 Å². The Morgan fingerprint density at radius 2 is 2.00 bits per heavy atom. The fraction of sp³-hybridized carbons (Fsp3) is 0.385. The van der Waals surface area contributed by atoms with Gasteiger partial charge in [-0.15, -0.1) is 0 Å². The topological polar surface area (TPSA) is 98.7 Å². The molecule has 1 aromatic rings. The van der Waals surface area contributed by atoms with Crippen LogP contribution in [0.1, 0.15) is 11.1 Å². The van der Waals surface area contributed by atoms with Crippen LogP contribution in [0.4, 0.5) is 4.79 Å². The zero-order chi connectivity index (χ0) is 14.3. The Hall–Kier alpha value is -2.08. The van der Waals surface area contributed by atoms with Crippen LogP contribution in [0.15, 0.2) is 24.3 Å². The van der Waals surface area contributed by atoms with Crippen molar-refractivity contribution >= 4 is 12.0 Å². The normalized spacial score (nSPS) is 11.7. The molecule has 0 unspecified atom stereocenters. The van der Waals surface area contributed by atoms with Crippen LogP contribution in [0.2, 0.25) is 0 Å². The molecule has 0 aliphatic heterocycles. The molecule has 1 atom stereocenters. The van der Waals surface area contributed by atoms with E-state index >= 15 is 0 Å². The molecule has 0 saturated heterocycles. The Bertz CT molecular complexity index is 448. The molecule has 0 heterocycles. The van der Waals surface area contributed by atoms with Crippen molar-refractivity contribution in [1.29, 1.82) is 0 Å². The maximum atomic E-state index is 11.4. The summed E-state index contributed by atoms with van der Waals surface area (Å²) in [4.78, 5) is 22.0. The molecule has 0 aromatic heterocycles. The van der Waals surface area contributed by atoms with E-state index in [0.717, 1.165) is 11.1 Å². The van der Waals surface area contributed by atoms with Crippen LogP contribution in [0, 0.1) is 6.92 Å². The van der Waals surface area contributed by atoms with E-state index in [1.807, 2.05) is 31.2 Å². The SMILES string of the molecule is Cc1ccccc1CCNC(=O)N[C@H](CO)C(=O)O. The number of nitrogens with one attached hydrogen (secondary N) is 2. The summed E-state index contributed by atoms with van der Waals surface area (Å²) in [5.74, 6) is -1.27. The highest BCUT2D eigenvalue weighted by atomic mass is 16.4. The third-order valence-corrected chi connectivity index (χ3v) is 2.73. The molecule has 6 heteroatoms. The number of carboxylic acid groups (broad SMARTS) is 1. The van der Waals surface area contributed by atoms with E-state index in [1.165, 1.54) is 0 Å². The molecule has 2 amide bonds. The van der Waals surface area contributed by atoms with E-state index in [9.17, 15) is 9.59 Å². The predicted molar refractivity (Wildman–Crippen MR) is 69.9 cm³/mol. The average Bonchev–Trinajstić information content (AvgIpc) is 2.38. The number of aliphatic carboxylic acids is 1. The van der Waals surface area contributed by atoms with Crippen molar-refractivity contribution in [1.82, 2.24) is 10.6 Å². The Morgan fingerprint density at radius 3 is 2.58 bits per heavy atom. The van der Waals surface area contributed by atoms with E-state index in [1.54, 1.807) is 0 Å². The second-order valence-corrected chi connectivity index (χ2v) is 4.15. The van der Waals surface area contributed by atoms with Gasteiger partial charge in [0.2, 0.25) is 0 Å². The number of benzene rings is 1. The summed E-state index contributed by atoms with van der Waals surface area (Å²) in [6.45, 7) is 1.75. The van der Waals surface area contributed by atoms with Crippen molar-refractivity contribution in [2.24, 2.45) is 0 Å². The standard InChI is InChI=1S/C13H18N2O4/c1-9-4-2-3-5-10(9)6-7-14-13(19)15-11(8-16)12(17)18/h2-5,11,16H,6-8H2,1H3,(H,17,18)(H2,14,15,19)/t11-/m1/s1. The van der Waals surface area contributed by atoms with Gasteiger partial charge in [-0.05, 0) is 24.5 Å². The molecule has 1 rings (SSSR count). The molecule has 1 aromatic carbocycles. The monoisotopic (exact) mass is 266 g/mol. The number of aliphatic hydroxyl groups is 1. The number of amides is 2. The highest BCUT2D eigenvalue weighted by molar-refractivity contribution is 5.82. The van der Waals surface area contributed by atoms with Gasteiger partial charge in [0.05, 0.1) is 6.61 Å². The minimum absolute atomic E-state index is 0.397. The summed E-state index contributed by atoms with van der Waals surface area (Å²) in [6.07, 6.45) is 0.664. The molecule has 0 aliphatic carbocycles. The molecule has 6 nitrogen and oxygen atoms in total. The first kappa shape index (κ1) is 15.0. The quantitative estimate of drug-likeness (QED) is 0.594. The highest BCUT2D eigenvalue weighted by Gasteiger charge is 2.18. The Morgan fingerprint density at radius 1 is 1.32 bits per heavy atom. The van der Waals surface area contributed by atoms with Crippen LogP contribution < -0.4 is 10.6 Å². The van der Waals surface area contributed by atoms with Crippen LogP contribution in [0.3, 0.4) is 0 Å². The molecule has 0 fully saturated rings. The largest absolute Gasteiger partial charge is 0.480 e. The fourth-order valence-corrected chi connectivity index (χ4v) is 1.60. The van der Waals surface area contributed by atoms with Gasteiger partial charge >= 0.3 is 12.0 Å². The van der Waals surface area contributed by atoms with Crippen molar-refractivity contribution in [3.8, 4) is 0 Å².